The normalized spacial score (nSPS) is 16.9. The lowest BCUT2D eigenvalue weighted by atomic mass is 10.1. The van der Waals surface area contributed by atoms with E-state index in [-0.39, 0.29) is 24.4 Å². The molecule has 0 spiro atoms. The maximum Gasteiger partial charge on any atom is 0.226 e. The minimum absolute atomic E-state index is 0. The molecule has 1 unspecified atom stereocenters. The Morgan fingerprint density at radius 1 is 1.38 bits per heavy atom. The number of nitrogens with one attached hydrogen (secondary N) is 1. The monoisotopic (exact) mass is 378 g/mol. The number of hydrogen-bond acceptors (Lipinski definition) is 4. The topological polar surface area (TPSA) is 59.4 Å². The number of aryl methyl sites for hydroxylation is 3. The summed E-state index contributed by atoms with van der Waals surface area (Å²) in [6, 6.07) is 6.06. The van der Waals surface area contributed by atoms with E-state index in [0.29, 0.717) is 19.6 Å². The number of imidazole rings is 1. The summed E-state index contributed by atoms with van der Waals surface area (Å²) in [6.45, 7) is 6.71. The van der Waals surface area contributed by atoms with Crippen LogP contribution in [0.3, 0.4) is 0 Å². The molecule has 3 rings (SSSR count). The Morgan fingerprint density at radius 3 is 2.88 bits per heavy atom. The van der Waals surface area contributed by atoms with Gasteiger partial charge in [-0.2, -0.15) is 0 Å². The molecule has 1 fully saturated rings. The predicted octanol–water partition coefficient (Wildman–Crippen LogP) is 2.40. The number of hydrogen-bond donors (Lipinski definition) is 1. The molecule has 1 N–H and O–H groups in total. The van der Waals surface area contributed by atoms with Crippen LogP contribution in [0.1, 0.15) is 29.4 Å². The third-order valence-corrected chi connectivity index (χ3v) is 4.62. The Bertz CT molecular complexity index is 747. The quantitative estimate of drug-likeness (QED) is 0.867. The van der Waals surface area contributed by atoms with Gasteiger partial charge in [-0.1, -0.05) is 17.7 Å². The standard InChI is InChI=1S/C19H26N4O2.ClH/c1-14-4-5-17(15(2)12-14)25-11-6-18(24)23-10-7-20-13-16(23)19-21-8-9-22(19)3;/h4-5,8-9,12,16,20H,6-7,10-11,13H2,1-3H3;1H. The highest BCUT2D eigenvalue weighted by Gasteiger charge is 2.30. The van der Waals surface area contributed by atoms with Crippen molar-refractivity contribution in [2.24, 2.45) is 7.05 Å². The Hall–Kier alpha value is -2.05. The highest BCUT2D eigenvalue weighted by Crippen LogP contribution is 2.22. The molecular formula is C19H27ClN4O2. The molecule has 1 saturated heterocycles. The molecule has 1 aliphatic rings. The van der Waals surface area contributed by atoms with Gasteiger partial charge in [0.2, 0.25) is 5.91 Å². The summed E-state index contributed by atoms with van der Waals surface area (Å²) in [5.41, 5.74) is 2.31. The molecule has 1 aliphatic heterocycles. The average Bonchev–Trinajstić information content (AvgIpc) is 3.02. The van der Waals surface area contributed by atoms with Gasteiger partial charge >= 0.3 is 0 Å². The van der Waals surface area contributed by atoms with Crippen molar-refractivity contribution in [3.63, 3.8) is 0 Å². The molecule has 0 radical (unpaired) electrons. The molecule has 0 bridgehead atoms. The summed E-state index contributed by atoms with van der Waals surface area (Å²) < 4.78 is 7.80. The molecule has 7 heteroatoms. The lowest BCUT2D eigenvalue weighted by Gasteiger charge is -2.35. The first kappa shape index (κ1) is 20.3. The van der Waals surface area contributed by atoms with Crippen LogP contribution >= 0.6 is 12.4 Å². The molecular weight excluding hydrogens is 352 g/mol. The zero-order chi connectivity index (χ0) is 17.8. The number of piperazine rings is 1. The van der Waals surface area contributed by atoms with Gasteiger partial charge in [0.25, 0.3) is 0 Å². The van der Waals surface area contributed by atoms with E-state index in [1.54, 1.807) is 6.20 Å². The predicted molar refractivity (Wildman–Crippen MR) is 104 cm³/mol. The number of nitrogens with zero attached hydrogens (tertiary/aromatic N) is 3. The average molecular weight is 379 g/mol. The van der Waals surface area contributed by atoms with Crippen LogP contribution in [-0.2, 0) is 11.8 Å². The van der Waals surface area contributed by atoms with Crippen LogP contribution in [0.25, 0.3) is 0 Å². The van der Waals surface area contributed by atoms with Crippen molar-refractivity contribution in [3.05, 3.63) is 47.5 Å². The fourth-order valence-electron chi connectivity index (χ4n) is 3.28. The summed E-state index contributed by atoms with van der Waals surface area (Å²) >= 11 is 0. The van der Waals surface area contributed by atoms with Gasteiger partial charge in [-0.25, -0.2) is 4.98 Å². The van der Waals surface area contributed by atoms with Gasteiger partial charge < -0.3 is 19.5 Å². The SMILES string of the molecule is Cc1ccc(OCCC(=O)N2CCNCC2c2nccn2C)c(C)c1.Cl. The van der Waals surface area contributed by atoms with E-state index in [2.05, 4.69) is 23.3 Å². The van der Waals surface area contributed by atoms with E-state index in [1.165, 1.54) is 5.56 Å². The maximum absolute atomic E-state index is 12.7. The van der Waals surface area contributed by atoms with Crippen LogP contribution in [0.15, 0.2) is 30.6 Å². The molecule has 26 heavy (non-hydrogen) atoms. The van der Waals surface area contributed by atoms with Crippen LogP contribution in [0.2, 0.25) is 0 Å². The fourth-order valence-corrected chi connectivity index (χ4v) is 3.28. The second kappa shape index (κ2) is 9.05. The summed E-state index contributed by atoms with van der Waals surface area (Å²) in [5, 5.41) is 3.35. The van der Waals surface area contributed by atoms with Gasteiger partial charge in [-0.3, -0.25) is 4.79 Å². The zero-order valence-electron chi connectivity index (χ0n) is 15.6. The Morgan fingerprint density at radius 2 is 2.19 bits per heavy atom. The molecule has 6 nitrogen and oxygen atoms in total. The lowest BCUT2D eigenvalue weighted by Crippen LogP contribution is -2.49. The summed E-state index contributed by atoms with van der Waals surface area (Å²) in [7, 11) is 1.96. The number of aromatic nitrogens is 2. The number of carbonyl (C=O) groups excluding carboxylic acids is 1. The van der Waals surface area contributed by atoms with Gasteiger partial charge in [-0.05, 0) is 25.5 Å². The second-order valence-electron chi connectivity index (χ2n) is 6.57. The highest BCUT2D eigenvalue weighted by atomic mass is 35.5. The number of carbonyl (C=O) groups is 1. The van der Waals surface area contributed by atoms with E-state index in [1.807, 2.05) is 41.8 Å². The smallest absolute Gasteiger partial charge is 0.226 e. The van der Waals surface area contributed by atoms with Crippen LogP contribution in [0.5, 0.6) is 5.75 Å². The third-order valence-electron chi connectivity index (χ3n) is 4.62. The Balaban J connectivity index is 0.00000243. The number of amides is 1. The van der Waals surface area contributed by atoms with Crippen molar-refractivity contribution in [1.29, 1.82) is 0 Å². The molecule has 2 heterocycles. The van der Waals surface area contributed by atoms with Crippen molar-refractivity contribution in [2.75, 3.05) is 26.2 Å². The van der Waals surface area contributed by atoms with E-state index in [9.17, 15) is 4.79 Å². The van der Waals surface area contributed by atoms with Gasteiger partial charge in [0.1, 0.15) is 17.6 Å². The number of halogens is 1. The number of benzene rings is 1. The molecule has 0 aliphatic carbocycles. The molecule has 0 saturated carbocycles. The molecule has 142 valence electrons. The summed E-state index contributed by atoms with van der Waals surface area (Å²) in [4.78, 5) is 19.1. The third kappa shape index (κ3) is 4.56. The largest absolute Gasteiger partial charge is 0.493 e. The molecule has 2 aromatic rings. The fraction of sp³-hybridized carbons (Fsp3) is 0.474. The first-order valence-electron chi connectivity index (χ1n) is 8.73. The van der Waals surface area contributed by atoms with Crippen LogP contribution in [0, 0.1) is 13.8 Å². The van der Waals surface area contributed by atoms with Crippen molar-refractivity contribution >= 4 is 18.3 Å². The van der Waals surface area contributed by atoms with Crippen molar-refractivity contribution in [2.45, 2.75) is 26.3 Å². The molecule has 1 atom stereocenters. The van der Waals surface area contributed by atoms with Crippen LogP contribution in [-0.4, -0.2) is 46.6 Å². The van der Waals surface area contributed by atoms with Gasteiger partial charge in [0.05, 0.1) is 13.0 Å². The lowest BCUT2D eigenvalue weighted by molar-refractivity contribution is -0.135. The first-order chi connectivity index (χ1) is 12.1. The second-order valence-corrected chi connectivity index (χ2v) is 6.57. The van der Waals surface area contributed by atoms with E-state index >= 15 is 0 Å². The van der Waals surface area contributed by atoms with Gasteiger partial charge in [0.15, 0.2) is 0 Å². The number of ether oxygens (including phenoxy) is 1. The van der Waals surface area contributed by atoms with Crippen LogP contribution in [0.4, 0.5) is 0 Å². The van der Waals surface area contributed by atoms with E-state index < -0.39 is 0 Å². The highest BCUT2D eigenvalue weighted by molar-refractivity contribution is 5.85. The molecule has 1 amide bonds. The van der Waals surface area contributed by atoms with E-state index in [0.717, 1.165) is 30.2 Å². The van der Waals surface area contributed by atoms with Gasteiger partial charge in [0, 0.05) is 39.1 Å². The Kier molecular flexibility index (Phi) is 7.06. The van der Waals surface area contributed by atoms with E-state index in [4.69, 9.17) is 4.74 Å². The first-order valence-corrected chi connectivity index (χ1v) is 8.73. The molecule has 1 aromatic heterocycles. The molecule has 1 aromatic carbocycles. The Labute approximate surface area is 161 Å². The minimum Gasteiger partial charge on any atom is -0.493 e. The maximum atomic E-state index is 12.7. The zero-order valence-corrected chi connectivity index (χ0v) is 16.4. The minimum atomic E-state index is -0.0256. The summed E-state index contributed by atoms with van der Waals surface area (Å²) in [6.07, 6.45) is 4.06. The van der Waals surface area contributed by atoms with Crippen molar-refractivity contribution < 1.29 is 9.53 Å². The van der Waals surface area contributed by atoms with Crippen molar-refractivity contribution in [1.82, 2.24) is 19.8 Å². The van der Waals surface area contributed by atoms with Crippen LogP contribution < -0.4 is 10.1 Å². The summed E-state index contributed by atoms with van der Waals surface area (Å²) in [5.74, 6) is 1.87. The van der Waals surface area contributed by atoms with Crippen molar-refractivity contribution in [3.8, 4) is 5.75 Å². The van der Waals surface area contributed by atoms with Gasteiger partial charge in [-0.15, -0.1) is 12.4 Å². The number of rotatable bonds is 5.